The summed E-state index contributed by atoms with van der Waals surface area (Å²) in [6, 6.07) is -0.382. The summed E-state index contributed by atoms with van der Waals surface area (Å²) < 4.78 is 9.51. The van der Waals surface area contributed by atoms with Crippen molar-refractivity contribution < 1.29 is 19.1 Å². The Morgan fingerprint density at radius 2 is 1.25 bits per heavy atom. The maximum Gasteiger partial charge on any atom is 0.302 e. The Bertz CT molecular complexity index is 240. The lowest BCUT2D eigenvalue weighted by Crippen LogP contribution is -2.14. The number of esters is 2. The van der Waals surface area contributed by atoms with Gasteiger partial charge in [-0.25, -0.2) is 0 Å². The van der Waals surface area contributed by atoms with Crippen LogP contribution in [0.1, 0.15) is 27.7 Å². The Balaban J connectivity index is 3.78. The molecular formula is C10H18N2O4. The minimum Gasteiger partial charge on any atom is -0.464 e. The molecule has 0 aliphatic rings. The van der Waals surface area contributed by atoms with E-state index in [1.54, 1.807) is 13.8 Å². The second-order valence-electron chi connectivity index (χ2n) is 3.53. The molecule has 0 fully saturated rings. The van der Waals surface area contributed by atoms with Gasteiger partial charge in [-0.05, 0) is 13.8 Å². The quantitative estimate of drug-likeness (QED) is 0.509. The summed E-state index contributed by atoms with van der Waals surface area (Å²) in [7, 11) is 0. The van der Waals surface area contributed by atoms with Crippen LogP contribution in [0.5, 0.6) is 0 Å². The van der Waals surface area contributed by atoms with E-state index in [-0.39, 0.29) is 37.2 Å². The molecule has 0 saturated carbocycles. The molecule has 2 atom stereocenters. The molecule has 16 heavy (non-hydrogen) atoms. The Morgan fingerprint density at radius 1 is 0.938 bits per heavy atom. The second kappa shape index (κ2) is 7.78. The van der Waals surface area contributed by atoms with Gasteiger partial charge in [0.1, 0.15) is 25.3 Å². The largest absolute Gasteiger partial charge is 0.464 e. The molecule has 0 spiro atoms. The van der Waals surface area contributed by atoms with E-state index < -0.39 is 0 Å². The molecule has 0 bridgehead atoms. The molecule has 0 rings (SSSR count). The van der Waals surface area contributed by atoms with Crippen molar-refractivity contribution in [1.82, 2.24) is 0 Å². The molecule has 92 valence electrons. The minimum absolute atomic E-state index is 0.191. The fourth-order valence-corrected chi connectivity index (χ4v) is 0.770. The summed E-state index contributed by atoms with van der Waals surface area (Å²) in [6.45, 7) is 6.66. The summed E-state index contributed by atoms with van der Waals surface area (Å²) >= 11 is 0. The summed E-state index contributed by atoms with van der Waals surface area (Å²) in [5.41, 5.74) is 0. The van der Waals surface area contributed by atoms with Crippen LogP contribution in [0.25, 0.3) is 0 Å². The lowest BCUT2D eigenvalue weighted by Gasteiger charge is -2.07. The predicted molar refractivity (Wildman–Crippen MR) is 57.0 cm³/mol. The zero-order valence-electron chi connectivity index (χ0n) is 10.1. The van der Waals surface area contributed by atoms with Gasteiger partial charge in [0.05, 0.1) is 0 Å². The fourth-order valence-electron chi connectivity index (χ4n) is 0.770. The van der Waals surface area contributed by atoms with Gasteiger partial charge in [0.2, 0.25) is 0 Å². The third kappa shape index (κ3) is 9.11. The zero-order chi connectivity index (χ0) is 12.6. The van der Waals surface area contributed by atoms with E-state index in [4.69, 9.17) is 9.47 Å². The van der Waals surface area contributed by atoms with Crippen molar-refractivity contribution >= 4 is 11.9 Å². The number of rotatable bonds is 6. The first-order valence-electron chi connectivity index (χ1n) is 5.08. The third-order valence-corrected chi connectivity index (χ3v) is 1.52. The van der Waals surface area contributed by atoms with Gasteiger partial charge >= 0.3 is 11.9 Å². The van der Waals surface area contributed by atoms with E-state index in [2.05, 4.69) is 10.2 Å². The first kappa shape index (κ1) is 14.5. The molecule has 6 heteroatoms. The van der Waals surface area contributed by atoms with Crippen LogP contribution < -0.4 is 0 Å². The summed E-state index contributed by atoms with van der Waals surface area (Å²) in [5, 5.41) is 7.86. The first-order valence-corrected chi connectivity index (χ1v) is 5.08. The first-order chi connectivity index (χ1) is 7.41. The van der Waals surface area contributed by atoms with E-state index >= 15 is 0 Å². The highest BCUT2D eigenvalue weighted by atomic mass is 16.5. The van der Waals surface area contributed by atoms with Crippen molar-refractivity contribution in [1.29, 1.82) is 0 Å². The van der Waals surface area contributed by atoms with Gasteiger partial charge in [0.25, 0.3) is 0 Å². The van der Waals surface area contributed by atoms with Crippen LogP contribution >= 0.6 is 0 Å². The molecule has 0 aliphatic heterocycles. The summed E-state index contributed by atoms with van der Waals surface area (Å²) in [4.78, 5) is 21.0. The lowest BCUT2D eigenvalue weighted by atomic mass is 10.4. The van der Waals surface area contributed by atoms with Gasteiger partial charge in [-0.3, -0.25) is 9.59 Å². The van der Waals surface area contributed by atoms with Gasteiger partial charge in [-0.2, -0.15) is 10.2 Å². The van der Waals surface area contributed by atoms with E-state index in [0.717, 1.165) is 0 Å². The number of hydrogen-bond acceptors (Lipinski definition) is 6. The average molecular weight is 230 g/mol. The minimum atomic E-state index is -0.338. The van der Waals surface area contributed by atoms with E-state index in [1.807, 2.05) is 0 Å². The highest BCUT2D eigenvalue weighted by Gasteiger charge is 2.05. The van der Waals surface area contributed by atoms with Crippen molar-refractivity contribution in [2.45, 2.75) is 39.8 Å². The van der Waals surface area contributed by atoms with Crippen LogP contribution in [0.4, 0.5) is 0 Å². The van der Waals surface area contributed by atoms with Crippen LogP contribution in [-0.2, 0) is 19.1 Å². The van der Waals surface area contributed by atoms with E-state index in [0.29, 0.717) is 0 Å². The molecule has 6 nitrogen and oxygen atoms in total. The van der Waals surface area contributed by atoms with Crippen LogP contribution in [-0.4, -0.2) is 37.2 Å². The van der Waals surface area contributed by atoms with Crippen molar-refractivity contribution in [3.05, 3.63) is 0 Å². The lowest BCUT2D eigenvalue weighted by molar-refractivity contribution is -0.142. The molecule has 0 aromatic carbocycles. The highest BCUT2D eigenvalue weighted by molar-refractivity contribution is 5.66. The van der Waals surface area contributed by atoms with Crippen molar-refractivity contribution in [2.24, 2.45) is 10.2 Å². The second-order valence-corrected chi connectivity index (χ2v) is 3.53. The van der Waals surface area contributed by atoms with Crippen molar-refractivity contribution in [3.8, 4) is 0 Å². The van der Waals surface area contributed by atoms with Crippen LogP contribution in [0.3, 0.4) is 0 Å². The Labute approximate surface area is 95.0 Å². The third-order valence-electron chi connectivity index (χ3n) is 1.52. The van der Waals surface area contributed by atoms with Gasteiger partial charge in [-0.1, -0.05) is 0 Å². The number of azo groups is 1. The topological polar surface area (TPSA) is 77.3 Å². The number of hydrogen-bond donors (Lipinski definition) is 0. The molecule has 2 unspecified atom stereocenters. The average Bonchev–Trinajstić information content (AvgIpc) is 2.20. The number of nitrogens with zero attached hydrogens (tertiary/aromatic N) is 2. The maximum absolute atomic E-state index is 10.5. The van der Waals surface area contributed by atoms with Gasteiger partial charge in [0.15, 0.2) is 0 Å². The monoisotopic (exact) mass is 230 g/mol. The molecule has 0 amide bonds. The SMILES string of the molecule is CC(=O)OCC(C)/N=N/C(C)COC(C)=O. The summed E-state index contributed by atoms with van der Waals surface area (Å²) in [5.74, 6) is -0.676. The normalized spacial score (nSPS) is 14.5. The van der Waals surface area contributed by atoms with E-state index in [9.17, 15) is 9.59 Å². The molecular weight excluding hydrogens is 212 g/mol. The van der Waals surface area contributed by atoms with Crippen LogP contribution in [0.15, 0.2) is 10.2 Å². The molecule has 0 aromatic rings. The Morgan fingerprint density at radius 3 is 1.50 bits per heavy atom. The van der Waals surface area contributed by atoms with E-state index in [1.165, 1.54) is 13.8 Å². The van der Waals surface area contributed by atoms with Crippen LogP contribution in [0, 0.1) is 0 Å². The molecule has 0 heterocycles. The zero-order valence-corrected chi connectivity index (χ0v) is 10.1. The number of carbonyl (C=O) groups is 2. The number of ether oxygens (including phenoxy) is 2. The van der Waals surface area contributed by atoms with Gasteiger partial charge in [-0.15, -0.1) is 0 Å². The molecule has 0 radical (unpaired) electrons. The Kier molecular flexibility index (Phi) is 7.07. The molecule has 0 N–H and O–H groups in total. The number of carbonyl (C=O) groups excluding carboxylic acids is 2. The molecule has 0 aromatic heterocycles. The highest BCUT2D eigenvalue weighted by Crippen LogP contribution is 1.98. The van der Waals surface area contributed by atoms with Crippen LogP contribution in [0.2, 0.25) is 0 Å². The standard InChI is InChI=1S/C10H18N2O4/c1-7(5-15-9(3)13)11-12-8(2)6-16-10(4)14/h7-8H,5-6H2,1-4H3/b12-11+. The maximum atomic E-state index is 10.5. The molecule has 0 aliphatic carbocycles. The molecule has 0 saturated heterocycles. The van der Waals surface area contributed by atoms with Gasteiger partial charge < -0.3 is 9.47 Å². The predicted octanol–water partition coefficient (Wildman–Crippen LogP) is 1.34. The van der Waals surface area contributed by atoms with Gasteiger partial charge in [0, 0.05) is 13.8 Å². The fraction of sp³-hybridized carbons (Fsp3) is 0.800. The van der Waals surface area contributed by atoms with Crippen molar-refractivity contribution in [3.63, 3.8) is 0 Å². The smallest absolute Gasteiger partial charge is 0.302 e. The summed E-state index contributed by atoms with van der Waals surface area (Å²) in [6.07, 6.45) is 0. The Hall–Kier alpha value is -1.46. The van der Waals surface area contributed by atoms with Crippen molar-refractivity contribution in [2.75, 3.05) is 13.2 Å².